The molecule has 0 N–H and O–H groups in total. The maximum atomic E-state index is 13.4. The molecule has 0 atom stereocenters. The number of rotatable bonds is 2. The quantitative estimate of drug-likeness (QED) is 0.819. The van der Waals surface area contributed by atoms with E-state index in [1.807, 2.05) is 29.2 Å². The fourth-order valence-corrected chi connectivity index (χ4v) is 6.06. The minimum atomic E-state index is -3.60. The van der Waals surface area contributed by atoms with E-state index in [1.165, 1.54) is 4.31 Å². The number of carbonyl (C=O) groups is 1. The number of amides is 1. The van der Waals surface area contributed by atoms with Gasteiger partial charge in [-0.2, -0.15) is 0 Å². The Hall–Kier alpha value is -2.34. The van der Waals surface area contributed by atoms with Crippen LogP contribution in [0, 0.1) is 0 Å². The van der Waals surface area contributed by atoms with Gasteiger partial charge in [-0.1, -0.05) is 18.2 Å². The van der Waals surface area contributed by atoms with Crippen LogP contribution in [-0.4, -0.2) is 27.4 Å². The lowest BCUT2D eigenvalue weighted by atomic mass is 9.92. The first-order chi connectivity index (χ1) is 12.6. The molecule has 5 nitrogen and oxygen atoms in total. The third-order valence-corrected chi connectivity index (χ3v) is 7.47. The first kappa shape index (κ1) is 15.9. The molecule has 0 saturated carbocycles. The number of fused-ring (bicyclic) bond motifs is 1. The van der Waals surface area contributed by atoms with Crippen LogP contribution in [-0.2, 0) is 34.1 Å². The van der Waals surface area contributed by atoms with Gasteiger partial charge >= 0.3 is 0 Å². The third-order valence-electron chi connectivity index (χ3n) is 5.68. The zero-order valence-electron chi connectivity index (χ0n) is 14.4. The maximum Gasteiger partial charge on any atom is 0.264 e. The molecule has 6 heteroatoms. The van der Waals surface area contributed by atoms with Crippen molar-refractivity contribution in [3.05, 3.63) is 53.1 Å². The molecule has 3 aliphatic rings. The van der Waals surface area contributed by atoms with Crippen LogP contribution in [0.3, 0.4) is 0 Å². The van der Waals surface area contributed by atoms with Crippen molar-refractivity contribution in [2.24, 2.45) is 0 Å². The van der Waals surface area contributed by atoms with E-state index in [0.717, 1.165) is 53.9 Å². The summed E-state index contributed by atoms with van der Waals surface area (Å²) in [4.78, 5) is 14.4. The highest BCUT2D eigenvalue weighted by atomic mass is 32.2. The smallest absolute Gasteiger partial charge is 0.264 e. The topological polar surface area (TPSA) is 57.7 Å². The normalized spacial score (nSPS) is 18.7. The van der Waals surface area contributed by atoms with Crippen LogP contribution in [0.1, 0.15) is 29.5 Å². The molecule has 0 bridgehead atoms. The Morgan fingerprint density at radius 2 is 1.62 bits per heavy atom. The van der Waals surface area contributed by atoms with Gasteiger partial charge in [-0.25, -0.2) is 8.42 Å². The first-order valence-electron chi connectivity index (χ1n) is 9.12. The molecule has 134 valence electrons. The predicted molar refractivity (Wildman–Crippen MR) is 100 cm³/mol. The van der Waals surface area contributed by atoms with Gasteiger partial charge in [-0.15, -0.1) is 0 Å². The number of hydrogen-bond acceptors (Lipinski definition) is 3. The number of anilines is 2. The fraction of sp³-hybridized carbons (Fsp3) is 0.350. The van der Waals surface area contributed by atoms with Crippen LogP contribution in [0.25, 0.3) is 0 Å². The highest BCUT2D eigenvalue weighted by molar-refractivity contribution is 7.92. The highest BCUT2D eigenvalue weighted by Gasteiger charge is 2.34. The molecule has 0 aromatic heterocycles. The Morgan fingerprint density at radius 1 is 0.846 bits per heavy atom. The number of nitrogens with zero attached hydrogens (tertiary/aromatic N) is 2. The van der Waals surface area contributed by atoms with Crippen molar-refractivity contribution in [1.82, 2.24) is 0 Å². The summed E-state index contributed by atoms with van der Waals surface area (Å²) in [6.07, 6.45) is 3.54. The van der Waals surface area contributed by atoms with Crippen molar-refractivity contribution < 1.29 is 13.2 Å². The lowest BCUT2D eigenvalue weighted by Crippen LogP contribution is -2.39. The van der Waals surface area contributed by atoms with Crippen molar-refractivity contribution in [3.63, 3.8) is 0 Å². The molecule has 1 amide bonds. The predicted octanol–water partition coefficient (Wildman–Crippen LogP) is 2.66. The van der Waals surface area contributed by atoms with Gasteiger partial charge < -0.3 is 4.90 Å². The second-order valence-corrected chi connectivity index (χ2v) is 9.06. The van der Waals surface area contributed by atoms with Gasteiger partial charge in [0.1, 0.15) is 0 Å². The largest absolute Gasteiger partial charge is 0.312 e. The lowest BCUT2D eigenvalue weighted by Gasteiger charge is -2.35. The Bertz CT molecular complexity index is 1010. The molecular weight excluding hydrogens is 348 g/mol. The van der Waals surface area contributed by atoms with Gasteiger partial charge in [-0.05, 0) is 60.6 Å². The molecule has 2 aromatic rings. The molecule has 3 heterocycles. The Kier molecular flexibility index (Phi) is 3.41. The number of sulfonamides is 1. The number of hydrogen-bond donors (Lipinski definition) is 0. The molecule has 0 aliphatic carbocycles. The summed E-state index contributed by atoms with van der Waals surface area (Å²) >= 11 is 0. The van der Waals surface area contributed by atoms with Gasteiger partial charge in [0.15, 0.2) is 0 Å². The Morgan fingerprint density at radius 3 is 2.46 bits per heavy atom. The van der Waals surface area contributed by atoms with Crippen LogP contribution < -0.4 is 9.21 Å². The summed E-state index contributed by atoms with van der Waals surface area (Å²) in [6.45, 7) is 1.23. The van der Waals surface area contributed by atoms with E-state index in [1.54, 1.807) is 12.1 Å². The van der Waals surface area contributed by atoms with E-state index in [4.69, 9.17) is 0 Å². The number of benzene rings is 2. The van der Waals surface area contributed by atoms with Crippen molar-refractivity contribution in [2.75, 3.05) is 22.3 Å². The van der Waals surface area contributed by atoms with Crippen molar-refractivity contribution in [2.45, 2.75) is 37.0 Å². The van der Waals surface area contributed by atoms with Crippen molar-refractivity contribution in [1.29, 1.82) is 0 Å². The molecule has 0 unspecified atom stereocenters. The van der Waals surface area contributed by atoms with E-state index in [9.17, 15) is 13.2 Å². The molecule has 2 aromatic carbocycles. The standard InChI is InChI=1S/C20H20N2O3S/c23-19-8-7-16-13-17(12-15-5-3-10-21(19)20(15)16)26(24,25)22-11-9-14-4-1-2-6-18(14)22/h1-2,4,6,12-13H,3,5,7-11H2. The number of aryl methyl sites for hydroxylation is 2. The Balaban J connectivity index is 1.62. The lowest BCUT2D eigenvalue weighted by molar-refractivity contribution is -0.119. The summed E-state index contributed by atoms with van der Waals surface area (Å²) < 4.78 is 28.3. The summed E-state index contributed by atoms with van der Waals surface area (Å²) in [6, 6.07) is 11.3. The van der Waals surface area contributed by atoms with Crippen molar-refractivity contribution in [3.8, 4) is 0 Å². The molecule has 26 heavy (non-hydrogen) atoms. The molecule has 0 radical (unpaired) electrons. The second-order valence-electron chi connectivity index (χ2n) is 7.19. The minimum Gasteiger partial charge on any atom is -0.312 e. The monoisotopic (exact) mass is 368 g/mol. The van der Waals surface area contributed by atoms with Crippen LogP contribution >= 0.6 is 0 Å². The number of para-hydroxylation sites is 1. The third kappa shape index (κ3) is 2.21. The second kappa shape index (κ2) is 5.58. The Labute approximate surface area is 153 Å². The zero-order valence-corrected chi connectivity index (χ0v) is 15.3. The van der Waals surface area contributed by atoms with E-state index in [2.05, 4.69) is 0 Å². The van der Waals surface area contributed by atoms with Gasteiger partial charge in [0, 0.05) is 19.5 Å². The zero-order chi connectivity index (χ0) is 17.9. The minimum absolute atomic E-state index is 0.155. The first-order valence-corrected chi connectivity index (χ1v) is 10.6. The molecular formula is C20H20N2O3S. The van der Waals surface area contributed by atoms with Crippen LogP contribution in [0.15, 0.2) is 41.3 Å². The van der Waals surface area contributed by atoms with Gasteiger partial charge in [-0.3, -0.25) is 9.10 Å². The van der Waals surface area contributed by atoms with Gasteiger partial charge in [0.25, 0.3) is 10.0 Å². The van der Waals surface area contributed by atoms with Gasteiger partial charge in [0.2, 0.25) is 5.91 Å². The average Bonchev–Trinajstić information content (AvgIpc) is 3.09. The average molecular weight is 368 g/mol. The molecule has 3 aliphatic heterocycles. The number of carbonyl (C=O) groups excluding carboxylic acids is 1. The van der Waals surface area contributed by atoms with E-state index in [0.29, 0.717) is 24.3 Å². The maximum absolute atomic E-state index is 13.4. The van der Waals surface area contributed by atoms with E-state index >= 15 is 0 Å². The summed E-state index contributed by atoms with van der Waals surface area (Å²) in [7, 11) is -3.60. The summed E-state index contributed by atoms with van der Waals surface area (Å²) in [5.41, 5.74) is 4.82. The molecule has 0 saturated heterocycles. The van der Waals surface area contributed by atoms with Crippen LogP contribution in [0.5, 0.6) is 0 Å². The van der Waals surface area contributed by atoms with Gasteiger partial charge in [0.05, 0.1) is 16.3 Å². The van der Waals surface area contributed by atoms with Crippen LogP contribution in [0.2, 0.25) is 0 Å². The molecule has 0 fully saturated rings. The van der Waals surface area contributed by atoms with Crippen molar-refractivity contribution >= 4 is 27.3 Å². The summed E-state index contributed by atoms with van der Waals surface area (Å²) in [5.74, 6) is 0.155. The van der Waals surface area contributed by atoms with Crippen LogP contribution in [0.4, 0.5) is 11.4 Å². The summed E-state index contributed by atoms with van der Waals surface area (Å²) in [5, 5.41) is 0. The molecule has 5 rings (SSSR count). The van der Waals surface area contributed by atoms with E-state index < -0.39 is 10.0 Å². The highest BCUT2D eigenvalue weighted by Crippen LogP contribution is 2.39. The van der Waals surface area contributed by atoms with E-state index in [-0.39, 0.29) is 5.91 Å². The fourth-order valence-electron chi connectivity index (χ4n) is 4.46. The molecule has 0 spiro atoms. The SMILES string of the molecule is O=C1CCc2cc(S(=O)(=O)N3CCc4ccccc43)cc3c2N1CCC3.